The van der Waals surface area contributed by atoms with Crippen LogP contribution in [0.4, 0.5) is 0 Å². The Hall–Kier alpha value is -1.07. The second-order valence-electron chi connectivity index (χ2n) is 5.93. The molecule has 0 bridgehead atoms. The molecule has 5 heteroatoms. The Labute approximate surface area is 124 Å². The minimum atomic E-state index is 0.140. The molecule has 1 aromatic heterocycles. The zero-order chi connectivity index (χ0) is 14.0. The second-order valence-corrected chi connectivity index (χ2v) is 6.84. The fraction of sp³-hybridized carbons (Fsp3) is 0.667. The van der Waals surface area contributed by atoms with Crippen LogP contribution in [0, 0.1) is 5.41 Å². The number of hydrogen-bond acceptors (Lipinski definition) is 4. The number of methoxy groups -OCH3 is 1. The standard InChI is InChI=1S/C15H22N2O2S/c1-19-12-4-9-20-13(12)14(18)17-8-3-6-15(11-17)5-2-7-16-10-15/h4,9,16H,2-3,5-8,10-11H2,1H3. The van der Waals surface area contributed by atoms with Crippen LogP contribution in [0.3, 0.4) is 0 Å². The summed E-state index contributed by atoms with van der Waals surface area (Å²) in [5.41, 5.74) is 0.302. The molecule has 1 atom stereocenters. The van der Waals surface area contributed by atoms with Gasteiger partial charge in [0.15, 0.2) is 0 Å². The number of carbonyl (C=O) groups is 1. The summed E-state index contributed by atoms with van der Waals surface area (Å²) in [4.78, 5) is 15.5. The summed E-state index contributed by atoms with van der Waals surface area (Å²) in [6.45, 7) is 3.94. The molecule has 2 fully saturated rings. The molecule has 3 rings (SSSR count). The topological polar surface area (TPSA) is 41.6 Å². The van der Waals surface area contributed by atoms with Crippen molar-refractivity contribution in [3.8, 4) is 5.75 Å². The van der Waals surface area contributed by atoms with Crippen molar-refractivity contribution < 1.29 is 9.53 Å². The lowest BCUT2D eigenvalue weighted by Crippen LogP contribution is -2.52. The number of nitrogens with one attached hydrogen (secondary N) is 1. The fourth-order valence-electron chi connectivity index (χ4n) is 3.52. The first-order valence-corrected chi connectivity index (χ1v) is 8.24. The number of nitrogens with zero attached hydrogens (tertiary/aromatic N) is 1. The van der Waals surface area contributed by atoms with E-state index in [0.717, 1.165) is 37.5 Å². The normalized spacial score (nSPS) is 26.8. The lowest BCUT2D eigenvalue weighted by atomic mass is 9.74. The summed E-state index contributed by atoms with van der Waals surface area (Å²) < 4.78 is 5.28. The van der Waals surface area contributed by atoms with E-state index in [1.165, 1.54) is 30.6 Å². The summed E-state index contributed by atoms with van der Waals surface area (Å²) in [5.74, 6) is 0.850. The molecule has 3 heterocycles. The van der Waals surface area contributed by atoms with E-state index in [1.807, 2.05) is 16.3 Å². The molecule has 1 amide bonds. The number of amides is 1. The van der Waals surface area contributed by atoms with Gasteiger partial charge in [0, 0.05) is 25.0 Å². The van der Waals surface area contributed by atoms with Gasteiger partial charge in [-0.05, 0) is 43.7 Å². The van der Waals surface area contributed by atoms with Crippen molar-refractivity contribution in [2.24, 2.45) is 5.41 Å². The number of ether oxygens (including phenoxy) is 1. The van der Waals surface area contributed by atoms with Crippen molar-refractivity contribution in [3.05, 3.63) is 16.3 Å². The first-order chi connectivity index (χ1) is 9.74. The van der Waals surface area contributed by atoms with E-state index in [9.17, 15) is 4.79 Å². The van der Waals surface area contributed by atoms with Gasteiger partial charge in [0.05, 0.1) is 7.11 Å². The van der Waals surface area contributed by atoms with E-state index in [1.54, 1.807) is 7.11 Å². The highest BCUT2D eigenvalue weighted by Crippen LogP contribution is 2.37. The summed E-state index contributed by atoms with van der Waals surface area (Å²) in [5, 5.41) is 5.43. The number of carbonyl (C=O) groups excluding carboxylic acids is 1. The van der Waals surface area contributed by atoms with E-state index >= 15 is 0 Å². The van der Waals surface area contributed by atoms with Crippen molar-refractivity contribution in [3.63, 3.8) is 0 Å². The van der Waals surface area contributed by atoms with E-state index in [4.69, 9.17) is 4.74 Å². The van der Waals surface area contributed by atoms with Crippen LogP contribution >= 0.6 is 11.3 Å². The SMILES string of the molecule is COc1ccsc1C(=O)N1CCCC2(CCCNC2)C1. The van der Waals surface area contributed by atoms with Crippen molar-refractivity contribution in [2.75, 3.05) is 33.3 Å². The number of likely N-dealkylation sites (tertiary alicyclic amines) is 1. The average Bonchev–Trinajstić information content (AvgIpc) is 2.96. The first kappa shape index (κ1) is 13.9. The number of hydrogen-bond donors (Lipinski definition) is 1. The van der Waals surface area contributed by atoms with Crippen molar-refractivity contribution in [2.45, 2.75) is 25.7 Å². The van der Waals surface area contributed by atoms with Gasteiger partial charge in [-0.15, -0.1) is 11.3 Å². The van der Waals surface area contributed by atoms with Gasteiger partial charge in [-0.1, -0.05) is 0 Å². The van der Waals surface area contributed by atoms with E-state index in [-0.39, 0.29) is 5.91 Å². The van der Waals surface area contributed by atoms with Gasteiger partial charge in [-0.2, -0.15) is 0 Å². The number of thiophene rings is 1. The third kappa shape index (κ3) is 2.56. The summed E-state index contributed by atoms with van der Waals surface area (Å²) >= 11 is 1.48. The lowest BCUT2D eigenvalue weighted by Gasteiger charge is -2.45. The smallest absolute Gasteiger partial charge is 0.267 e. The Bertz CT molecular complexity index is 474. The molecule has 0 saturated carbocycles. The van der Waals surface area contributed by atoms with Crippen LogP contribution in [0.25, 0.3) is 0 Å². The zero-order valence-corrected chi connectivity index (χ0v) is 12.8. The largest absolute Gasteiger partial charge is 0.495 e. The maximum Gasteiger partial charge on any atom is 0.267 e. The first-order valence-electron chi connectivity index (χ1n) is 7.36. The predicted molar refractivity (Wildman–Crippen MR) is 80.5 cm³/mol. The molecule has 1 spiro atoms. The van der Waals surface area contributed by atoms with Crippen LogP contribution in [0.1, 0.15) is 35.4 Å². The minimum absolute atomic E-state index is 0.140. The van der Waals surface area contributed by atoms with Gasteiger partial charge in [0.25, 0.3) is 5.91 Å². The van der Waals surface area contributed by atoms with Crippen molar-refractivity contribution in [1.29, 1.82) is 0 Å². The molecule has 0 radical (unpaired) electrons. The summed E-state index contributed by atoms with van der Waals surface area (Å²) in [6, 6.07) is 1.87. The maximum absolute atomic E-state index is 12.7. The molecule has 110 valence electrons. The van der Waals surface area contributed by atoms with Gasteiger partial charge in [0.1, 0.15) is 10.6 Å². The Morgan fingerprint density at radius 3 is 3.05 bits per heavy atom. The van der Waals surface area contributed by atoms with Gasteiger partial charge >= 0.3 is 0 Å². The summed E-state index contributed by atoms with van der Waals surface area (Å²) in [7, 11) is 1.63. The third-order valence-electron chi connectivity index (χ3n) is 4.55. The monoisotopic (exact) mass is 294 g/mol. The quantitative estimate of drug-likeness (QED) is 0.910. The molecule has 0 aromatic carbocycles. The van der Waals surface area contributed by atoms with Crippen LogP contribution in [-0.4, -0.2) is 44.1 Å². The highest BCUT2D eigenvalue weighted by Gasteiger charge is 2.38. The Kier molecular flexibility index (Phi) is 3.98. The van der Waals surface area contributed by atoms with Gasteiger partial charge in [-0.3, -0.25) is 4.79 Å². The molecular weight excluding hydrogens is 272 g/mol. The molecule has 1 N–H and O–H groups in total. The minimum Gasteiger partial charge on any atom is -0.495 e. The molecule has 2 aliphatic rings. The molecule has 4 nitrogen and oxygen atoms in total. The lowest BCUT2D eigenvalue weighted by molar-refractivity contribution is 0.0436. The van der Waals surface area contributed by atoms with E-state index in [0.29, 0.717) is 11.2 Å². The van der Waals surface area contributed by atoms with Crippen molar-refractivity contribution >= 4 is 17.2 Å². The third-order valence-corrected chi connectivity index (χ3v) is 5.44. The van der Waals surface area contributed by atoms with Gasteiger partial charge in [0.2, 0.25) is 0 Å². The molecule has 0 aliphatic carbocycles. The highest BCUT2D eigenvalue weighted by atomic mass is 32.1. The fourth-order valence-corrected chi connectivity index (χ4v) is 4.34. The van der Waals surface area contributed by atoms with E-state index in [2.05, 4.69) is 5.32 Å². The van der Waals surface area contributed by atoms with Crippen LogP contribution in [-0.2, 0) is 0 Å². The Morgan fingerprint density at radius 1 is 1.45 bits per heavy atom. The predicted octanol–water partition coefficient (Wildman–Crippen LogP) is 2.36. The van der Waals surface area contributed by atoms with Crippen LogP contribution in [0.2, 0.25) is 0 Å². The van der Waals surface area contributed by atoms with Gasteiger partial charge < -0.3 is 15.0 Å². The zero-order valence-electron chi connectivity index (χ0n) is 12.0. The molecular formula is C15H22N2O2S. The maximum atomic E-state index is 12.7. The molecule has 2 saturated heterocycles. The Balaban J connectivity index is 1.75. The summed E-state index contributed by atoms with van der Waals surface area (Å²) in [6.07, 6.45) is 4.82. The highest BCUT2D eigenvalue weighted by molar-refractivity contribution is 7.12. The molecule has 1 unspecified atom stereocenters. The number of rotatable bonds is 2. The molecule has 1 aromatic rings. The van der Waals surface area contributed by atoms with Crippen molar-refractivity contribution in [1.82, 2.24) is 10.2 Å². The molecule has 20 heavy (non-hydrogen) atoms. The van der Waals surface area contributed by atoms with E-state index < -0.39 is 0 Å². The van der Waals surface area contributed by atoms with Gasteiger partial charge in [-0.25, -0.2) is 0 Å². The van der Waals surface area contributed by atoms with Crippen LogP contribution < -0.4 is 10.1 Å². The average molecular weight is 294 g/mol. The van der Waals surface area contributed by atoms with Crippen LogP contribution in [0.5, 0.6) is 5.75 Å². The molecule has 2 aliphatic heterocycles. The number of piperidine rings is 2. The van der Waals surface area contributed by atoms with Crippen LogP contribution in [0.15, 0.2) is 11.4 Å². The second kappa shape index (κ2) is 5.74. The Morgan fingerprint density at radius 2 is 2.30 bits per heavy atom.